The van der Waals surface area contributed by atoms with Gasteiger partial charge in [0.15, 0.2) is 5.76 Å². The van der Waals surface area contributed by atoms with Crippen molar-refractivity contribution in [2.24, 2.45) is 0 Å². The van der Waals surface area contributed by atoms with Crippen molar-refractivity contribution in [1.82, 2.24) is 0 Å². The molecule has 0 atom stereocenters. The van der Waals surface area contributed by atoms with Gasteiger partial charge in [-0.25, -0.2) is 4.79 Å². The summed E-state index contributed by atoms with van der Waals surface area (Å²) in [5, 5.41) is 26.8. The molecule has 0 spiro atoms. The lowest BCUT2D eigenvalue weighted by Crippen LogP contribution is -2.40. The van der Waals surface area contributed by atoms with Crippen LogP contribution in [0.25, 0.3) is 0 Å². The standard InChI is InChI=1S/C9H12O6/c1-3-7(11)15-5-4-9(13,14)8(12)6(2)10/h3,10,13-14H,1-2,4-5H2. The van der Waals surface area contributed by atoms with Crippen LogP contribution in [0.3, 0.4) is 0 Å². The predicted molar refractivity (Wildman–Crippen MR) is 49.7 cm³/mol. The average Bonchev–Trinajstić information content (AvgIpc) is 2.15. The summed E-state index contributed by atoms with van der Waals surface area (Å²) in [5.41, 5.74) is 0. The Morgan fingerprint density at radius 1 is 1.40 bits per heavy atom. The third kappa shape index (κ3) is 4.39. The minimum atomic E-state index is -2.78. The first kappa shape index (κ1) is 13.3. The zero-order valence-electron chi connectivity index (χ0n) is 7.97. The first-order chi connectivity index (χ1) is 6.81. The molecular weight excluding hydrogens is 204 g/mol. The van der Waals surface area contributed by atoms with Crippen molar-refractivity contribution in [3.05, 3.63) is 25.0 Å². The molecule has 0 radical (unpaired) electrons. The molecule has 0 rings (SSSR count). The lowest BCUT2D eigenvalue weighted by molar-refractivity contribution is -0.187. The van der Waals surface area contributed by atoms with Gasteiger partial charge in [0.1, 0.15) is 0 Å². The average molecular weight is 216 g/mol. The van der Waals surface area contributed by atoms with Crippen LogP contribution in [0.1, 0.15) is 6.42 Å². The van der Waals surface area contributed by atoms with Crippen LogP contribution in [-0.2, 0) is 14.3 Å². The summed E-state index contributed by atoms with van der Waals surface area (Å²) in [5.74, 6) is -5.85. The van der Waals surface area contributed by atoms with E-state index in [1.807, 2.05) is 0 Å². The van der Waals surface area contributed by atoms with Gasteiger partial charge in [-0.05, 0) is 0 Å². The molecule has 3 N–H and O–H groups in total. The first-order valence-electron chi connectivity index (χ1n) is 3.98. The number of rotatable bonds is 6. The van der Waals surface area contributed by atoms with Gasteiger partial charge in [0, 0.05) is 12.5 Å². The Balaban J connectivity index is 4.15. The Bertz CT molecular complexity index is 291. The van der Waals surface area contributed by atoms with E-state index in [2.05, 4.69) is 17.9 Å². The molecule has 0 fully saturated rings. The van der Waals surface area contributed by atoms with E-state index >= 15 is 0 Å². The third-order valence-electron chi connectivity index (χ3n) is 1.49. The number of hydrogen-bond acceptors (Lipinski definition) is 6. The van der Waals surface area contributed by atoms with Gasteiger partial charge < -0.3 is 20.1 Å². The van der Waals surface area contributed by atoms with Crippen molar-refractivity contribution in [3.63, 3.8) is 0 Å². The summed E-state index contributed by atoms with van der Waals surface area (Å²) in [6.07, 6.45) is 0.328. The highest BCUT2D eigenvalue weighted by molar-refractivity contribution is 5.97. The van der Waals surface area contributed by atoms with Gasteiger partial charge in [-0.3, -0.25) is 4.79 Å². The van der Waals surface area contributed by atoms with E-state index in [1.165, 1.54) is 0 Å². The molecule has 0 aliphatic carbocycles. The normalized spacial score (nSPS) is 10.5. The maximum absolute atomic E-state index is 10.9. The third-order valence-corrected chi connectivity index (χ3v) is 1.49. The number of ether oxygens (including phenoxy) is 1. The number of aliphatic hydroxyl groups excluding tert-OH is 1. The number of carbonyl (C=O) groups excluding carboxylic acids is 2. The van der Waals surface area contributed by atoms with Crippen molar-refractivity contribution >= 4 is 11.8 Å². The van der Waals surface area contributed by atoms with Gasteiger partial charge in [-0.15, -0.1) is 0 Å². The number of hydrogen-bond donors (Lipinski definition) is 3. The van der Waals surface area contributed by atoms with Crippen LogP contribution in [0, 0.1) is 0 Å². The SMILES string of the molecule is C=CC(=O)OCCC(O)(O)C(=O)C(=C)O. The molecule has 0 unspecified atom stereocenters. The second-order valence-electron chi connectivity index (χ2n) is 2.71. The number of esters is 1. The Hall–Kier alpha value is -1.66. The Morgan fingerprint density at radius 3 is 2.33 bits per heavy atom. The maximum Gasteiger partial charge on any atom is 0.330 e. The number of aliphatic hydroxyl groups is 3. The minimum Gasteiger partial charge on any atom is -0.505 e. The summed E-state index contributed by atoms with van der Waals surface area (Å²) >= 11 is 0. The molecule has 0 saturated carbocycles. The summed E-state index contributed by atoms with van der Waals surface area (Å²) in [6.45, 7) is 5.57. The summed E-state index contributed by atoms with van der Waals surface area (Å²) < 4.78 is 4.42. The zero-order chi connectivity index (χ0) is 12.1. The Labute approximate surface area is 86.1 Å². The molecule has 0 aliphatic heterocycles. The van der Waals surface area contributed by atoms with Crippen LogP contribution in [-0.4, -0.2) is 39.5 Å². The number of ketones is 1. The fraction of sp³-hybridized carbons (Fsp3) is 0.333. The van der Waals surface area contributed by atoms with Crippen LogP contribution >= 0.6 is 0 Å². The van der Waals surface area contributed by atoms with Gasteiger partial charge in [0.05, 0.1) is 6.61 Å². The van der Waals surface area contributed by atoms with E-state index < -0.39 is 36.3 Å². The molecule has 0 saturated heterocycles. The molecule has 0 amide bonds. The van der Waals surface area contributed by atoms with E-state index in [0.29, 0.717) is 0 Å². The highest BCUT2D eigenvalue weighted by atomic mass is 16.5. The van der Waals surface area contributed by atoms with Crippen LogP contribution in [0.15, 0.2) is 25.0 Å². The van der Waals surface area contributed by atoms with Gasteiger partial charge in [0.25, 0.3) is 5.78 Å². The molecule has 0 aliphatic rings. The summed E-state index contributed by atoms with van der Waals surface area (Å²) in [7, 11) is 0. The predicted octanol–water partition coefficient (Wildman–Crippen LogP) is -0.573. The molecule has 0 heterocycles. The highest BCUT2D eigenvalue weighted by Gasteiger charge is 2.34. The first-order valence-corrected chi connectivity index (χ1v) is 3.98. The van der Waals surface area contributed by atoms with Crippen LogP contribution in [0.4, 0.5) is 0 Å². The largest absolute Gasteiger partial charge is 0.505 e. The van der Waals surface area contributed by atoms with Gasteiger partial charge in [-0.1, -0.05) is 13.2 Å². The lowest BCUT2D eigenvalue weighted by atomic mass is 10.1. The lowest BCUT2D eigenvalue weighted by Gasteiger charge is -2.18. The van der Waals surface area contributed by atoms with E-state index in [1.54, 1.807) is 0 Å². The van der Waals surface area contributed by atoms with Crippen molar-refractivity contribution in [1.29, 1.82) is 0 Å². The van der Waals surface area contributed by atoms with Gasteiger partial charge >= 0.3 is 5.97 Å². The molecule has 0 aromatic rings. The second-order valence-corrected chi connectivity index (χ2v) is 2.71. The molecule has 6 nitrogen and oxygen atoms in total. The minimum absolute atomic E-state index is 0.392. The van der Waals surface area contributed by atoms with Crippen molar-refractivity contribution in [2.45, 2.75) is 12.2 Å². The van der Waals surface area contributed by atoms with Crippen LogP contribution in [0.5, 0.6) is 0 Å². The molecule has 84 valence electrons. The smallest absolute Gasteiger partial charge is 0.330 e. The fourth-order valence-electron chi connectivity index (χ4n) is 0.697. The van der Waals surface area contributed by atoms with Crippen LogP contribution in [0.2, 0.25) is 0 Å². The van der Waals surface area contributed by atoms with Crippen molar-refractivity contribution in [3.8, 4) is 0 Å². The molecule has 15 heavy (non-hydrogen) atoms. The molecule has 6 heteroatoms. The Kier molecular flexibility index (Phi) is 4.69. The quantitative estimate of drug-likeness (QED) is 0.238. The van der Waals surface area contributed by atoms with Crippen molar-refractivity contribution in [2.75, 3.05) is 6.61 Å². The molecule has 0 aromatic carbocycles. The van der Waals surface area contributed by atoms with Crippen molar-refractivity contribution < 1.29 is 29.6 Å². The molecular formula is C9H12O6. The van der Waals surface area contributed by atoms with Crippen LogP contribution < -0.4 is 0 Å². The molecule has 0 bridgehead atoms. The van der Waals surface area contributed by atoms with Gasteiger partial charge in [0.2, 0.25) is 5.79 Å². The fourth-order valence-corrected chi connectivity index (χ4v) is 0.697. The topological polar surface area (TPSA) is 104 Å². The maximum atomic E-state index is 10.9. The summed E-state index contributed by atoms with van der Waals surface area (Å²) in [6, 6.07) is 0. The van der Waals surface area contributed by atoms with E-state index in [0.717, 1.165) is 6.08 Å². The van der Waals surface area contributed by atoms with E-state index in [-0.39, 0.29) is 0 Å². The van der Waals surface area contributed by atoms with Gasteiger partial charge in [-0.2, -0.15) is 0 Å². The van der Waals surface area contributed by atoms with E-state index in [9.17, 15) is 9.59 Å². The zero-order valence-corrected chi connectivity index (χ0v) is 7.97. The summed E-state index contributed by atoms with van der Waals surface area (Å²) in [4.78, 5) is 21.4. The number of Topliss-reactive ketones (excluding diaryl/α,β-unsaturated/α-hetero) is 1. The van der Waals surface area contributed by atoms with E-state index in [4.69, 9.17) is 15.3 Å². The monoisotopic (exact) mass is 216 g/mol. The molecule has 0 aromatic heterocycles. The Morgan fingerprint density at radius 2 is 1.93 bits per heavy atom. The number of carbonyl (C=O) groups is 2. The second kappa shape index (κ2) is 5.28. The highest BCUT2D eigenvalue weighted by Crippen LogP contribution is 2.11.